The lowest BCUT2D eigenvalue weighted by Gasteiger charge is -2.11. The Morgan fingerprint density at radius 3 is 2.95 bits per heavy atom. The van der Waals surface area contributed by atoms with Crippen molar-refractivity contribution >= 4 is 46.2 Å². The lowest BCUT2D eigenvalue weighted by Crippen LogP contribution is -2.06. The van der Waals surface area contributed by atoms with E-state index < -0.39 is 0 Å². The molecule has 0 bridgehead atoms. The third-order valence-electron chi connectivity index (χ3n) is 3.08. The van der Waals surface area contributed by atoms with Gasteiger partial charge < -0.3 is 9.55 Å². The molecular weight excluding hydrogens is 298 g/mol. The first-order valence-electron chi connectivity index (χ1n) is 5.88. The van der Waals surface area contributed by atoms with Crippen LogP contribution in [0.1, 0.15) is 23.7 Å². The number of hydrogen-bond donors (Lipinski definition) is 1. The molecule has 2 aromatic heterocycles. The van der Waals surface area contributed by atoms with E-state index in [1.54, 1.807) is 11.3 Å². The number of aromatic amines is 1. The van der Waals surface area contributed by atoms with Gasteiger partial charge in [-0.05, 0) is 38.2 Å². The van der Waals surface area contributed by atoms with Gasteiger partial charge in [0.15, 0.2) is 4.77 Å². The molecule has 0 spiro atoms. The number of aryl methyl sites for hydroxylation is 1. The molecule has 98 valence electrons. The van der Waals surface area contributed by atoms with Gasteiger partial charge in [0, 0.05) is 11.1 Å². The molecule has 0 radical (unpaired) electrons. The number of rotatable bonds is 2. The molecule has 3 rings (SSSR count). The summed E-state index contributed by atoms with van der Waals surface area (Å²) in [6, 6.07) is 5.91. The average Bonchev–Trinajstić information content (AvgIpc) is 2.93. The van der Waals surface area contributed by atoms with Crippen molar-refractivity contribution < 1.29 is 0 Å². The predicted molar refractivity (Wildman–Crippen MR) is 82.8 cm³/mol. The van der Waals surface area contributed by atoms with Crippen LogP contribution in [0.25, 0.3) is 11.0 Å². The molecule has 2 heterocycles. The number of halogens is 1. The number of nitrogens with one attached hydrogen (secondary N) is 1. The van der Waals surface area contributed by atoms with E-state index in [1.807, 2.05) is 25.1 Å². The van der Waals surface area contributed by atoms with Gasteiger partial charge in [-0.25, -0.2) is 4.98 Å². The van der Waals surface area contributed by atoms with E-state index in [1.165, 1.54) is 0 Å². The SMILES string of the molecule is Cc1csc(C(C)n2c(=S)[nH]c3c(Cl)cccc32)n1. The van der Waals surface area contributed by atoms with Gasteiger partial charge in [-0.1, -0.05) is 17.7 Å². The predicted octanol–water partition coefficient (Wildman–Crippen LogP) is 4.73. The number of benzene rings is 1. The fourth-order valence-corrected chi connectivity index (χ4v) is 3.59. The van der Waals surface area contributed by atoms with Crippen LogP contribution in [0.4, 0.5) is 0 Å². The number of aromatic nitrogens is 3. The van der Waals surface area contributed by atoms with E-state index in [9.17, 15) is 0 Å². The fourth-order valence-electron chi connectivity index (χ4n) is 2.17. The first kappa shape index (κ1) is 12.8. The Labute approximate surface area is 124 Å². The molecule has 1 unspecified atom stereocenters. The summed E-state index contributed by atoms with van der Waals surface area (Å²) in [4.78, 5) is 7.72. The molecule has 1 N–H and O–H groups in total. The quantitative estimate of drug-likeness (QED) is 0.694. The Hall–Kier alpha value is -1.17. The Morgan fingerprint density at radius 2 is 2.26 bits per heavy atom. The van der Waals surface area contributed by atoms with Crippen LogP contribution in [0, 0.1) is 11.7 Å². The lowest BCUT2D eigenvalue weighted by molar-refractivity contribution is 0.643. The topological polar surface area (TPSA) is 33.6 Å². The largest absolute Gasteiger partial charge is 0.329 e. The minimum Gasteiger partial charge on any atom is -0.329 e. The molecule has 0 aliphatic rings. The Balaban J connectivity index is 2.23. The molecule has 0 aliphatic carbocycles. The number of nitrogens with zero attached hydrogens (tertiary/aromatic N) is 2. The second-order valence-electron chi connectivity index (χ2n) is 4.44. The normalized spacial score (nSPS) is 13.0. The minimum atomic E-state index is 0.0958. The van der Waals surface area contributed by atoms with Crippen LogP contribution in [0.15, 0.2) is 23.6 Å². The van der Waals surface area contributed by atoms with Crippen LogP contribution in [0.2, 0.25) is 5.02 Å². The van der Waals surface area contributed by atoms with E-state index in [2.05, 4.69) is 26.8 Å². The number of hydrogen-bond acceptors (Lipinski definition) is 3. The zero-order valence-corrected chi connectivity index (χ0v) is 12.9. The molecule has 0 saturated heterocycles. The van der Waals surface area contributed by atoms with Gasteiger partial charge in [-0.2, -0.15) is 0 Å². The van der Waals surface area contributed by atoms with Crippen molar-refractivity contribution in [2.75, 3.05) is 0 Å². The van der Waals surface area contributed by atoms with E-state index in [-0.39, 0.29) is 6.04 Å². The summed E-state index contributed by atoms with van der Waals surface area (Å²) in [7, 11) is 0. The van der Waals surface area contributed by atoms with Crippen LogP contribution in [-0.2, 0) is 0 Å². The van der Waals surface area contributed by atoms with Crippen LogP contribution in [-0.4, -0.2) is 14.5 Å². The van der Waals surface area contributed by atoms with E-state index >= 15 is 0 Å². The summed E-state index contributed by atoms with van der Waals surface area (Å²) in [5.74, 6) is 0. The standard InChI is InChI=1S/C13H12ClN3S2/c1-7-6-19-12(15-7)8(2)17-10-5-3-4-9(14)11(10)16-13(17)18/h3-6,8H,1-2H3,(H,16,18). The van der Waals surface area contributed by atoms with Crippen molar-refractivity contribution in [3.05, 3.63) is 44.1 Å². The molecule has 6 heteroatoms. The van der Waals surface area contributed by atoms with Gasteiger partial charge >= 0.3 is 0 Å². The van der Waals surface area contributed by atoms with Crippen molar-refractivity contribution in [2.45, 2.75) is 19.9 Å². The third-order valence-corrected chi connectivity index (χ3v) is 4.83. The summed E-state index contributed by atoms with van der Waals surface area (Å²) < 4.78 is 2.73. The maximum Gasteiger partial charge on any atom is 0.178 e. The monoisotopic (exact) mass is 309 g/mol. The molecular formula is C13H12ClN3S2. The van der Waals surface area contributed by atoms with Crippen molar-refractivity contribution in [3.8, 4) is 0 Å². The molecule has 0 aliphatic heterocycles. The Kier molecular flexibility index (Phi) is 3.20. The molecule has 1 aromatic carbocycles. The average molecular weight is 310 g/mol. The van der Waals surface area contributed by atoms with Crippen LogP contribution < -0.4 is 0 Å². The minimum absolute atomic E-state index is 0.0958. The highest BCUT2D eigenvalue weighted by atomic mass is 35.5. The van der Waals surface area contributed by atoms with Gasteiger partial charge in [0.25, 0.3) is 0 Å². The summed E-state index contributed by atoms with van der Waals surface area (Å²) in [5.41, 5.74) is 2.93. The van der Waals surface area contributed by atoms with Crippen LogP contribution >= 0.6 is 35.2 Å². The van der Waals surface area contributed by atoms with Crippen molar-refractivity contribution in [1.29, 1.82) is 0 Å². The Morgan fingerprint density at radius 1 is 1.47 bits per heavy atom. The highest BCUT2D eigenvalue weighted by molar-refractivity contribution is 7.71. The van der Waals surface area contributed by atoms with Gasteiger partial charge in [-0.3, -0.25) is 0 Å². The van der Waals surface area contributed by atoms with E-state index in [4.69, 9.17) is 23.8 Å². The number of H-pyrrole nitrogens is 1. The van der Waals surface area contributed by atoms with Crippen molar-refractivity contribution in [3.63, 3.8) is 0 Å². The number of imidazole rings is 1. The molecule has 19 heavy (non-hydrogen) atoms. The van der Waals surface area contributed by atoms with Gasteiger partial charge in [0.2, 0.25) is 0 Å². The van der Waals surface area contributed by atoms with Crippen LogP contribution in [0.3, 0.4) is 0 Å². The van der Waals surface area contributed by atoms with Crippen LogP contribution in [0.5, 0.6) is 0 Å². The van der Waals surface area contributed by atoms with Gasteiger partial charge in [0.05, 0.1) is 22.1 Å². The third kappa shape index (κ3) is 2.12. The molecule has 1 atom stereocenters. The lowest BCUT2D eigenvalue weighted by atomic mass is 10.3. The van der Waals surface area contributed by atoms with Gasteiger partial charge in [0.1, 0.15) is 5.01 Å². The summed E-state index contributed by atoms with van der Waals surface area (Å²) in [6.45, 7) is 4.10. The summed E-state index contributed by atoms with van der Waals surface area (Å²) >= 11 is 13.3. The van der Waals surface area contributed by atoms with Crippen molar-refractivity contribution in [2.24, 2.45) is 0 Å². The summed E-state index contributed by atoms with van der Waals surface area (Å²) in [6.07, 6.45) is 0. The maximum absolute atomic E-state index is 6.19. The molecule has 3 aromatic rings. The molecule has 0 fully saturated rings. The fraction of sp³-hybridized carbons (Fsp3) is 0.231. The first-order valence-corrected chi connectivity index (χ1v) is 7.55. The van der Waals surface area contributed by atoms with E-state index in [0.717, 1.165) is 21.7 Å². The Bertz CT molecular complexity index is 800. The summed E-state index contributed by atoms with van der Waals surface area (Å²) in [5, 5.41) is 3.79. The number of para-hydroxylation sites is 1. The number of thiazole rings is 1. The first-order chi connectivity index (χ1) is 9.08. The zero-order valence-electron chi connectivity index (χ0n) is 10.5. The second kappa shape index (κ2) is 4.74. The highest BCUT2D eigenvalue weighted by Crippen LogP contribution is 2.29. The highest BCUT2D eigenvalue weighted by Gasteiger charge is 2.16. The maximum atomic E-state index is 6.19. The second-order valence-corrected chi connectivity index (χ2v) is 6.12. The zero-order chi connectivity index (χ0) is 13.6. The smallest absolute Gasteiger partial charge is 0.178 e. The molecule has 3 nitrogen and oxygen atoms in total. The van der Waals surface area contributed by atoms with E-state index in [0.29, 0.717) is 9.79 Å². The number of fused-ring (bicyclic) bond motifs is 1. The molecule has 0 amide bonds. The molecule has 0 saturated carbocycles. The van der Waals surface area contributed by atoms with Crippen molar-refractivity contribution in [1.82, 2.24) is 14.5 Å². The van der Waals surface area contributed by atoms with Gasteiger partial charge in [-0.15, -0.1) is 11.3 Å².